The molecule has 2 saturated heterocycles. The van der Waals surface area contributed by atoms with Crippen LogP contribution < -0.4 is 15.4 Å². The zero-order chi connectivity index (χ0) is 17.2. The number of nitrogens with one attached hydrogen (secondary N) is 3. The fourth-order valence-electron chi connectivity index (χ4n) is 3.25. The summed E-state index contributed by atoms with van der Waals surface area (Å²) in [6.07, 6.45) is 7.17. The summed E-state index contributed by atoms with van der Waals surface area (Å²) in [5.74, 6) is 0.676. The number of hydrogen-bond donors (Lipinski definition) is 3. The quantitative estimate of drug-likeness (QED) is 0.373. The molecule has 2 bridgehead atoms. The van der Waals surface area contributed by atoms with Crippen LogP contribution in [0.5, 0.6) is 0 Å². The third kappa shape index (κ3) is 3.90. The van der Waals surface area contributed by atoms with Gasteiger partial charge in [-0.25, -0.2) is 13.1 Å². The molecule has 8 nitrogen and oxygen atoms in total. The summed E-state index contributed by atoms with van der Waals surface area (Å²) in [5.41, 5.74) is 0. The molecule has 2 aliphatic heterocycles. The predicted octanol–water partition coefficient (Wildman–Crippen LogP) is -0.212. The molecule has 0 radical (unpaired) electrons. The Morgan fingerprint density at radius 1 is 1.42 bits per heavy atom. The van der Waals surface area contributed by atoms with Gasteiger partial charge in [0.05, 0.1) is 23.1 Å². The maximum absolute atomic E-state index is 12.1. The number of aliphatic imine (C=N–C) groups is 1. The summed E-state index contributed by atoms with van der Waals surface area (Å²) in [5, 5.41) is 6.50. The Morgan fingerprint density at radius 2 is 2.25 bits per heavy atom. The Bertz CT molecular complexity index is 700. The van der Waals surface area contributed by atoms with E-state index in [1.165, 1.54) is 0 Å². The van der Waals surface area contributed by atoms with Crippen molar-refractivity contribution in [3.63, 3.8) is 0 Å². The lowest BCUT2D eigenvalue weighted by atomic mass is 9.96. The summed E-state index contributed by atoms with van der Waals surface area (Å²) in [7, 11) is 0.0287. The second-order valence-electron chi connectivity index (χ2n) is 6.27. The molecule has 0 amide bonds. The Hall–Kier alpha value is -1.58. The standard InChI is InChI=1S/C15H25N5O3S/c1-16-15(19-13-9-11-3-4-14(13)23-11)17-6-7-18-24(21,22)12-5-8-20(2)10-12/h5,8,10-11,13-14,18H,3-4,6-7,9H2,1-2H3,(H2,16,17,19). The van der Waals surface area contributed by atoms with E-state index in [4.69, 9.17) is 4.74 Å². The molecule has 3 heterocycles. The van der Waals surface area contributed by atoms with Crippen LogP contribution in [0, 0.1) is 0 Å². The van der Waals surface area contributed by atoms with Crippen LogP contribution in [0.25, 0.3) is 0 Å². The van der Waals surface area contributed by atoms with E-state index in [1.54, 1.807) is 37.1 Å². The third-order valence-corrected chi connectivity index (χ3v) is 5.92. The molecule has 3 N–H and O–H groups in total. The number of rotatable bonds is 6. The van der Waals surface area contributed by atoms with E-state index in [-0.39, 0.29) is 23.6 Å². The fourth-order valence-corrected chi connectivity index (χ4v) is 4.33. The molecule has 0 saturated carbocycles. The molecular weight excluding hydrogens is 330 g/mol. The van der Waals surface area contributed by atoms with E-state index in [2.05, 4.69) is 20.3 Å². The number of ether oxygens (including phenoxy) is 1. The first-order valence-electron chi connectivity index (χ1n) is 8.22. The van der Waals surface area contributed by atoms with Crippen molar-refractivity contribution < 1.29 is 13.2 Å². The molecule has 0 aliphatic carbocycles. The zero-order valence-electron chi connectivity index (χ0n) is 14.0. The van der Waals surface area contributed by atoms with E-state index in [1.807, 2.05) is 0 Å². The van der Waals surface area contributed by atoms with Gasteiger partial charge < -0.3 is 19.9 Å². The number of nitrogens with zero attached hydrogens (tertiary/aromatic N) is 2. The second-order valence-corrected chi connectivity index (χ2v) is 8.04. The van der Waals surface area contributed by atoms with Crippen LogP contribution in [-0.4, -0.2) is 57.3 Å². The van der Waals surface area contributed by atoms with Gasteiger partial charge in [0, 0.05) is 39.6 Å². The average Bonchev–Trinajstić information content (AvgIpc) is 3.27. The van der Waals surface area contributed by atoms with Gasteiger partial charge in [0.25, 0.3) is 0 Å². The normalized spacial score (nSPS) is 26.8. The number of aromatic nitrogens is 1. The van der Waals surface area contributed by atoms with Crippen LogP contribution >= 0.6 is 0 Å². The van der Waals surface area contributed by atoms with E-state index < -0.39 is 10.0 Å². The van der Waals surface area contributed by atoms with Gasteiger partial charge in [-0.05, 0) is 25.3 Å². The highest BCUT2D eigenvalue weighted by Gasteiger charge is 2.41. The lowest BCUT2D eigenvalue weighted by molar-refractivity contribution is 0.0992. The zero-order valence-corrected chi connectivity index (χ0v) is 14.8. The summed E-state index contributed by atoms with van der Waals surface area (Å²) in [6, 6.07) is 1.86. The summed E-state index contributed by atoms with van der Waals surface area (Å²) >= 11 is 0. The maximum Gasteiger partial charge on any atom is 0.242 e. The monoisotopic (exact) mass is 355 g/mol. The van der Waals surface area contributed by atoms with Crippen molar-refractivity contribution in [2.45, 2.75) is 42.4 Å². The molecule has 1 aromatic rings. The van der Waals surface area contributed by atoms with Gasteiger partial charge in [0.1, 0.15) is 0 Å². The van der Waals surface area contributed by atoms with Crippen molar-refractivity contribution in [3.8, 4) is 0 Å². The van der Waals surface area contributed by atoms with Crippen LogP contribution in [0.15, 0.2) is 28.3 Å². The first kappa shape index (κ1) is 17.2. The van der Waals surface area contributed by atoms with Crippen molar-refractivity contribution in [2.75, 3.05) is 20.1 Å². The highest BCUT2D eigenvalue weighted by atomic mass is 32.2. The minimum atomic E-state index is -3.46. The summed E-state index contributed by atoms with van der Waals surface area (Å²) in [6.45, 7) is 0.735. The molecule has 2 aliphatic rings. The topological polar surface area (TPSA) is 96.8 Å². The van der Waals surface area contributed by atoms with Gasteiger partial charge in [-0.15, -0.1) is 0 Å². The van der Waals surface area contributed by atoms with Gasteiger partial charge in [-0.2, -0.15) is 0 Å². The van der Waals surface area contributed by atoms with E-state index >= 15 is 0 Å². The molecule has 9 heteroatoms. The minimum absolute atomic E-state index is 0.269. The van der Waals surface area contributed by atoms with Crippen LogP contribution in [0.1, 0.15) is 19.3 Å². The minimum Gasteiger partial charge on any atom is -0.373 e. The fraction of sp³-hybridized carbons (Fsp3) is 0.667. The SMILES string of the molecule is CN=C(NCCNS(=O)(=O)c1ccn(C)c1)NC1CC2CCC1O2. The lowest BCUT2D eigenvalue weighted by Gasteiger charge is -2.22. The van der Waals surface area contributed by atoms with Gasteiger partial charge >= 0.3 is 0 Å². The van der Waals surface area contributed by atoms with Crippen LogP contribution in [0.3, 0.4) is 0 Å². The Labute approximate surface area is 142 Å². The molecule has 24 heavy (non-hydrogen) atoms. The number of aryl methyl sites for hydroxylation is 1. The molecular formula is C15H25N5O3S. The van der Waals surface area contributed by atoms with Crippen LogP contribution in [0.2, 0.25) is 0 Å². The largest absolute Gasteiger partial charge is 0.373 e. The Morgan fingerprint density at radius 3 is 2.83 bits per heavy atom. The predicted molar refractivity (Wildman–Crippen MR) is 91.4 cm³/mol. The van der Waals surface area contributed by atoms with Crippen molar-refractivity contribution in [1.82, 2.24) is 19.9 Å². The highest BCUT2D eigenvalue weighted by Crippen LogP contribution is 2.34. The van der Waals surface area contributed by atoms with Crippen molar-refractivity contribution in [1.29, 1.82) is 0 Å². The smallest absolute Gasteiger partial charge is 0.242 e. The Balaban J connectivity index is 1.42. The van der Waals surface area contributed by atoms with Crippen molar-refractivity contribution in [2.24, 2.45) is 12.0 Å². The first-order chi connectivity index (χ1) is 11.5. The Kier molecular flexibility index (Phi) is 5.12. The lowest BCUT2D eigenvalue weighted by Crippen LogP contribution is -2.48. The van der Waals surface area contributed by atoms with E-state index in [0.717, 1.165) is 19.3 Å². The molecule has 2 fully saturated rings. The molecule has 3 unspecified atom stereocenters. The van der Waals surface area contributed by atoms with E-state index in [0.29, 0.717) is 18.6 Å². The number of guanidine groups is 1. The third-order valence-electron chi connectivity index (χ3n) is 4.48. The number of fused-ring (bicyclic) bond motifs is 2. The van der Waals surface area contributed by atoms with Gasteiger partial charge in [-0.1, -0.05) is 0 Å². The maximum atomic E-state index is 12.1. The van der Waals surface area contributed by atoms with Gasteiger partial charge in [0.15, 0.2) is 5.96 Å². The summed E-state index contributed by atoms with van der Waals surface area (Å²) < 4.78 is 34.3. The van der Waals surface area contributed by atoms with Crippen molar-refractivity contribution >= 4 is 16.0 Å². The van der Waals surface area contributed by atoms with Crippen LogP contribution in [-0.2, 0) is 21.8 Å². The molecule has 3 atom stereocenters. The number of sulfonamides is 1. The van der Waals surface area contributed by atoms with Crippen LogP contribution in [0.4, 0.5) is 0 Å². The molecule has 0 spiro atoms. The molecule has 134 valence electrons. The average molecular weight is 355 g/mol. The van der Waals surface area contributed by atoms with Crippen molar-refractivity contribution in [3.05, 3.63) is 18.5 Å². The second kappa shape index (κ2) is 7.12. The number of hydrogen-bond acceptors (Lipinski definition) is 4. The highest BCUT2D eigenvalue weighted by molar-refractivity contribution is 7.89. The van der Waals surface area contributed by atoms with Gasteiger partial charge in [0.2, 0.25) is 10.0 Å². The first-order valence-corrected chi connectivity index (χ1v) is 9.70. The molecule has 1 aromatic heterocycles. The van der Waals surface area contributed by atoms with E-state index in [9.17, 15) is 8.42 Å². The molecule has 3 rings (SSSR count). The molecule has 0 aromatic carbocycles. The van der Waals surface area contributed by atoms with Gasteiger partial charge in [-0.3, -0.25) is 4.99 Å². The summed E-state index contributed by atoms with van der Waals surface area (Å²) in [4.78, 5) is 4.46.